The van der Waals surface area contributed by atoms with Gasteiger partial charge in [0, 0.05) is 115 Å². The van der Waals surface area contributed by atoms with Crippen molar-refractivity contribution in [3.8, 4) is 0 Å². The number of pyridine rings is 8. The second kappa shape index (κ2) is 28.1. The number of aromatic nitrogens is 8. The maximum absolute atomic E-state index is 12.0. The zero-order valence-corrected chi connectivity index (χ0v) is 39.6. The van der Waals surface area contributed by atoms with Gasteiger partial charge in [0.2, 0.25) is 11.5 Å². The Morgan fingerprint density at radius 1 is 0.548 bits per heavy atom. The standard InChI is InChI=1S/2C11H8ClN3O3.C11H8ClN3O.C6H3ClN2O4.C6H5NO/c2*12-8-4-9(15(17)18)10(14-6-8)11(16)7-2-1-3-13-5-7;12-8-4-9(13)10(15-6-8)11(16)7-2-1-3-14-5-7;7-3-1-4(9(12)13)5(6(10)11)8-2-3;8-5-6-2-1-3-7-4-6/h2*1-6,11,16H;1-6H,13H2;1-2H,(H,10,11);1-5H. The van der Waals surface area contributed by atoms with E-state index >= 15 is 0 Å². The van der Waals surface area contributed by atoms with Crippen molar-refractivity contribution in [2.75, 3.05) is 5.73 Å². The number of carboxylic acids is 1. The molecule has 8 heterocycles. The number of aliphatic hydroxyl groups is 2. The average Bonchev–Trinajstić information content (AvgIpc) is 3.39. The highest BCUT2D eigenvalue weighted by molar-refractivity contribution is 6.31. The van der Waals surface area contributed by atoms with Crippen molar-refractivity contribution in [1.29, 1.82) is 0 Å². The van der Waals surface area contributed by atoms with Crippen molar-refractivity contribution in [1.82, 2.24) is 39.9 Å². The van der Waals surface area contributed by atoms with E-state index in [4.69, 9.17) is 57.2 Å². The summed E-state index contributed by atoms with van der Waals surface area (Å²) in [5, 5.41) is 61.4. The van der Waals surface area contributed by atoms with Gasteiger partial charge in [0.05, 0.1) is 40.5 Å². The molecule has 372 valence electrons. The summed E-state index contributed by atoms with van der Waals surface area (Å²) in [6, 6.07) is 18.0. The summed E-state index contributed by atoms with van der Waals surface area (Å²) in [5.41, 5.74) is 6.06. The van der Waals surface area contributed by atoms with Crippen LogP contribution >= 0.6 is 46.4 Å². The molecule has 73 heavy (non-hydrogen) atoms. The third-order valence-electron chi connectivity index (χ3n) is 8.72. The number of hydrogen-bond acceptors (Lipinski definition) is 20. The fraction of sp³-hybridized carbons (Fsp3) is 0.0444. The summed E-state index contributed by atoms with van der Waals surface area (Å²) in [6.07, 6.45) is 15.4. The summed E-state index contributed by atoms with van der Waals surface area (Å²) >= 11 is 22.4. The van der Waals surface area contributed by atoms with Gasteiger partial charge in [-0.25, -0.2) is 24.7 Å². The van der Waals surface area contributed by atoms with Crippen molar-refractivity contribution in [2.24, 2.45) is 0 Å². The molecule has 0 aliphatic rings. The molecule has 0 fully saturated rings. The topological polar surface area (TPSA) is 370 Å². The minimum atomic E-state index is -1.46. The second-order valence-electron chi connectivity index (χ2n) is 13.7. The minimum absolute atomic E-state index is 0.0247. The SMILES string of the molecule is Nc1cc(Cl)cnc1C(=O)c1cccnc1.O=C(O)c1ncc(Cl)cc1[N+](=O)[O-].O=Cc1cccnc1.O=[N+]([O-])c1cc(Cl)cnc1C(O)c1cccnc1.O=[N+]([O-])c1cc(Cl)cnc1C(O)c1cccnc1. The molecule has 8 aromatic rings. The van der Waals surface area contributed by atoms with Crippen molar-refractivity contribution in [3.05, 3.63) is 243 Å². The first-order valence-corrected chi connectivity index (χ1v) is 21.3. The first-order valence-electron chi connectivity index (χ1n) is 19.8. The summed E-state index contributed by atoms with van der Waals surface area (Å²) in [7, 11) is 0. The zero-order chi connectivity index (χ0) is 53.6. The van der Waals surface area contributed by atoms with Gasteiger partial charge >= 0.3 is 11.7 Å². The highest BCUT2D eigenvalue weighted by Gasteiger charge is 2.26. The molecule has 0 saturated carbocycles. The van der Waals surface area contributed by atoms with Crippen LogP contribution in [0.4, 0.5) is 22.7 Å². The second-order valence-corrected chi connectivity index (χ2v) is 15.4. The molecule has 5 N–H and O–H groups in total. The van der Waals surface area contributed by atoms with E-state index in [9.17, 15) is 54.9 Å². The first-order chi connectivity index (χ1) is 34.8. The normalized spacial score (nSPS) is 10.8. The Kier molecular flexibility index (Phi) is 21.8. The number of rotatable bonds is 11. The van der Waals surface area contributed by atoms with Crippen LogP contribution in [-0.2, 0) is 0 Å². The van der Waals surface area contributed by atoms with Gasteiger partial charge < -0.3 is 21.1 Å². The number of nitro groups is 3. The summed E-state index contributed by atoms with van der Waals surface area (Å²) < 4.78 is 0. The minimum Gasteiger partial charge on any atom is -0.476 e. The molecule has 8 rings (SSSR count). The average molecular weight is 1070 g/mol. The molecule has 2 atom stereocenters. The maximum atomic E-state index is 12.0. The number of ketones is 1. The molecule has 0 bridgehead atoms. The Hall–Kier alpha value is -8.91. The molecule has 0 amide bonds. The molecular weight excluding hydrogens is 1040 g/mol. The van der Waals surface area contributed by atoms with Crippen LogP contribution in [0.5, 0.6) is 0 Å². The summed E-state index contributed by atoms with van der Waals surface area (Å²) in [6.45, 7) is 0. The Balaban J connectivity index is 0.000000202. The lowest BCUT2D eigenvalue weighted by molar-refractivity contribution is -0.386. The van der Waals surface area contributed by atoms with Gasteiger partial charge in [-0.15, -0.1) is 0 Å². The fourth-order valence-corrected chi connectivity index (χ4v) is 6.06. The highest BCUT2D eigenvalue weighted by atomic mass is 35.5. The van der Waals surface area contributed by atoms with Crippen LogP contribution in [0.15, 0.2) is 147 Å². The number of aliphatic hydroxyl groups excluding tert-OH is 2. The number of carbonyl (C=O) groups is 3. The lowest BCUT2D eigenvalue weighted by Gasteiger charge is -2.10. The number of nitrogens with two attached hydrogens (primary N) is 1. The van der Waals surface area contributed by atoms with E-state index in [-0.39, 0.29) is 55.0 Å². The monoisotopic (exact) mass is 1070 g/mol. The fourth-order valence-electron chi connectivity index (χ4n) is 5.44. The van der Waals surface area contributed by atoms with E-state index in [1.54, 1.807) is 73.3 Å². The third-order valence-corrected chi connectivity index (χ3v) is 9.54. The number of halogens is 4. The Morgan fingerprint density at radius 2 is 0.945 bits per heavy atom. The van der Waals surface area contributed by atoms with Crippen molar-refractivity contribution in [2.45, 2.75) is 12.2 Å². The van der Waals surface area contributed by atoms with E-state index < -0.39 is 44.3 Å². The van der Waals surface area contributed by atoms with E-state index in [2.05, 4.69) is 39.9 Å². The zero-order valence-electron chi connectivity index (χ0n) is 36.6. The van der Waals surface area contributed by atoms with Crippen molar-refractivity contribution < 1.29 is 44.5 Å². The van der Waals surface area contributed by atoms with E-state index in [1.807, 2.05) is 0 Å². The lowest BCUT2D eigenvalue weighted by atomic mass is 10.1. The molecule has 0 aromatic carbocycles. The molecule has 8 aromatic heterocycles. The van der Waals surface area contributed by atoms with Crippen molar-refractivity contribution in [3.63, 3.8) is 0 Å². The molecule has 2 unspecified atom stereocenters. The number of anilines is 1. The van der Waals surface area contributed by atoms with Gasteiger partial charge in [0.15, 0.2) is 17.7 Å². The predicted octanol–water partition coefficient (Wildman–Crippen LogP) is 8.42. The molecule has 24 nitrogen and oxygen atoms in total. The first kappa shape index (κ1) is 56.7. The summed E-state index contributed by atoms with van der Waals surface area (Å²) in [5.74, 6) is -1.72. The highest BCUT2D eigenvalue weighted by Crippen LogP contribution is 2.31. The maximum Gasteiger partial charge on any atom is 0.361 e. The molecule has 0 spiro atoms. The van der Waals surface area contributed by atoms with Crippen LogP contribution < -0.4 is 5.73 Å². The Morgan fingerprint density at radius 3 is 1.30 bits per heavy atom. The molecule has 0 saturated heterocycles. The lowest BCUT2D eigenvalue weighted by Crippen LogP contribution is -2.08. The van der Waals surface area contributed by atoms with Crippen LogP contribution in [0.25, 0.3) is 0 Å². The number of nitrogen functional groups attached to an aromatic ring is 1. The van der Waals surface area contributed by atoms with Crippen LogP contribution in [0.1, 0.15) is 71.6 Å². The molecular formula is C45H32Cl4N12O12. The smallest absolute Gasteiger partial charge is 0.361 e. The van der Waals surface area contributed by atoms with E-state index in [0.29, 0.717) is 27.3 Å². The molecule has 0 aliphatic carbocycles. The number of carboxylic acid groups (broad SMARTS) is 1. The predicted molar refractivity (Wildman–Crippen MR) is 262 cm³/mol. The van der Waals surface area contributed by atoms with Crippen LogP contribution in [0.3, 0.4) is 0 Å². The van der Waals surface area contributed by atoms with Gasteiger partial charge in [-0.1, -0.05) is 58.5 Å². The quantitative estimate of drug-likeness (QED) is 0.0408. The van der Waals surface area contributed by atoms with Crippen LogP contribution in [0, 0.1) is 30.3 Å². The van der Waals surface area contributed by atoms with E-state index in [1.165, 1.54) is 49.4 Å². The van der Waals surface area contributed by atoms with Crippen LogP contribution in [0.2, 0.25) is 20.1 Å². The third kappa shape index (κ3) is 17.2. The van der Waals surface area contributed by atoms with E-state index in [0.717, 1.165) is 30.7 Å². The number of nitrogens with zero attached hydrogens (tertiary/aromatic N) is 11. The molecule has 28 heteroatoms. The van der Waals surface area contributed by atoms with Gasteiger partial charge in [-0.2, -0.15) is 0 Å². The van der Waals surface area contributed by atoms with Crippen molar-refractivity contribution >= 4 is 87.2 Å². The molecule has 0 aliphatic heterocycles. The largest absolute Gasteiger partial charge is 0.476 e. The number of aldehydes is 1. The van der Waals surface area contributed by atoms with Gasteiger partial charge in [0.1, 0.15) is 17.9 Å². The molecule has 0 radical (unpaired) electrons. The Bertz CT molecular complexity index is 3090. The van der Waals surface area contributed by atoms with Gasteiger partial charge in [-0.3, -0.25) is 59.9 Å². The van der Waals surface area contributed by atoms with Gasteiger partial charge in [-0.05, 0) is 42.5 Å². The van der Waals surface area contributed by atoms with Gasteiger partial charge in [0.25, 0.3) is 11.4 Å². The Labute approximate surface area is 430 Å². The summed E-state index contributed by atoms with van der Waals surface area (Å²) in [4.78, 5) is 92.5. The number of hydrogen-bond donors (Lipinski definition) is 4. The number of aromatic carboxylic acids is 1. The number of carbonyl (C=O) groups excluding carboxylic acids is 2. The van der Waals surface area contributed by atoms with Crippen LogP contribution in [-0.4, -0.2) is 88.0 Å².